The largest absolute Gasteiger partial charge is 0.445 e. The quantitative estimate of drug-likeness (QED) is 0.480. The van der Waals surface area contributed by atoms with E-state index in [-0.39, 0.29) is 5.92 Å². The predicted molar refractivity (Wildman–Crippen MR) is 92.8 cm³/mol. The molecule has 5 heteroatoms. The number of halogens is 4. The lowest BCUT2D eigenvalue weighted by molar-refractivity contribution is -0.0361. The Morgan fingerprint density at radius 2 is 1.78 bits per heavy atom. The molecule has 1 aromatic carbocycles. The van der Waals surface area contributed by atoms with E-state index in [1.165, 1.54) is 0 Å². The highest BCUT2D eigenvalue weighted by Gasteiger charge is 2.57. The number of fused-ring (bicyclic) bond motifs is 1. The van der Waals surface area contributed by atoms with Gasteiger partial charge in [-0.15, -0.1) is 0 Å². The van der Waals surface area contributed by atoms with E-state index in [2.05, 4.69) is 0 Å². The van der Waals surface area contributed by atoms with Gasteiger partial charge in [-0.2, -0.15) is 13.2 Å². The zero-order valence-corrected chi connectivity index (χ0v) is 14.8. The lowest BCUT2D eigenvalue weighted by atomic mass is 9.98. The first-order chi connectivity index (χ1) is 10.9. The summed E-state index contributed by atoms with van der Waals surface area (Å²) in [5.41, 5.74) is -2.81. The van der Waals surface area contributed by atoms with Crippen LogP contribution in [-0.4, -0.2) is 5.51 Å². The summed E-state index contributed by atoms with van der Waals surface area (Å²) in [5.74, 6) is -0.0240. The molecular weight excluding hydrogens is 341 g/mol. The van der Waals surface area contributed by atoms with Crippen LogP contribution in [0, 0.1) is 5.92 Å². The second-order valence-electron chi connectivity index (χ2n) is 6.44. The highest BCUT2D eigenvalue weighted by molar-refractivity contribution is 8.54. The SMILES string of the molecule is CCc1ccc2c(c1)S(Cl)(C(F)(F)F)C(C1CCCCCC1)=C2. The molecule has 128 valence electrons. The van der Waals surface area contributed by atoms with Crippen molar-refractivity contribution in [3.8, 4) is 0 Å². The van der Waals surface area contributed by atoms with Crippen LogP contribution in [0.15, 0.2) is 28.0 Å². The molecule has 1 unspecified atom stereocenters. The lowest BCUT2D eigenvalue weighted by Gasteiger charge is -2.37. The van der Waals surface area contributed by atoms with Crippen molar-refractivity contribution >= 4 is 26.0 Å². The van der Waals surface area contributed by atoms with Crippen molar-refractivity contribution in [3.05, 3.63) is 34.2 Å². The Balaban J connectivity index is 2.08. The summed E-state index contributed by atoms with van der Waals surface area (Å²) in [4.78, 5) is 0.766. The van der Waals surface area contributed by atoms with E-state index in [1.54, 1.807) is 12.1 Å². The number of rotatable bonds is 2. The van der Waals surface area contributed by atoms with Gasteiger partial charge in [0.2, 0.25) is 0 Å². The second kappa shape index (κ2) is 6.36. The molecule has 1 aliphatic carbocycles. The molecule has 0 spiro atoms. The Hall–Kier alpha value is -0.610. The fourth-order valence-corrected chi connectivity index (χ4v) is 7.13. The van der Waals surface area contributed by atoms with E-state index in [4.69, 9.17) is 10.7 Å². The number of allylic oxidation sites excluding steroid dienone is 1. The van der Waals surface area contributed by atoms with Crippen LogP contribution < -0.4 is 0 Å². The third-order valence-corrected chi connectivity index (χ3v) is 9.24. The molecule has 1 aromatic rings. The third kappa shape index (κ3) is 2.93. The minimum atomic E-state index is -4.40. The van der Waals surface area contributed by atoms with E-state index in [9.17, 15) is 13.2 Å². The summed E-state index contributed by atoms with van der Waals surface area (Å²) >= 11 is 0. The van der Waals surface area contributed by atoms with Gasteiger partial charge in [-0.1, -0.05) is 44.7 Å². The van der Waals surface area contributed by atoms with E-state index in [1.807, 2.05) is 19.1 Å². The summed E-state index contributed by atoms with van der Waals surface area (Å²) in [6, 6.07) is 5.41. The van der Waals surface area contributed by atoms with Crippen molar-refractivity contribution < 1.29 is 13.2 Å². The molecule has 2 aliphatic rings. The van der Waals surface area contributed by atoms with Crippen LogP contribution in [0.2, 0.25) is 0 Å². The Kier molecular flexibility index (Phi) is 4.76. The molecule has 23 heavy (non-hydrogen) atoms. The minimum Gasteiger partial charge on any atom is -0.160 e. The molecule has 0 bridgehead atoms. The molecule has 0 amide bonds. The molecule has 0 N–H and O–H groups in total. The maximum absolute atomic E-state index is 14.0. The molecule has 0 aromatic heterocycles. The maximum Gasteiger partial charge on any atom is 0.445 e. The summed E-state index contributed by atoms with van der Waals surface area (Å²) < 4.78 is 42.1. The fourth-order valence-electron chi connectivity index (χ4n) is 3.69. The second-order valence-corrected chi connectivity index (χ2v) is 10.3. The van der Waals surface area contributed by atoms with Crippen molar-refractivity contribution in [3.63, 3.8) is 0 Å². The van der Waals surface area contributed by atoms with E-state index in [0.717, 1.165) is 50.5 Å². The van der Waals surface area contributed by atoms with E-state index in [0.29, 0.717) is 15.4 Å². The number of hydrogen-bond acceptors (Lipinski definition) is 0. The van der Waals surface area contributed by atoms with Crippen molar-refractivity contribution in [2.45, 2.75) is 62.3 Å². The van der Waals surface area contributed by atoms with Gasteiger partial charge in [-0.05, 0) is 73.3 Å². The Morgan fingerprint density at radius 3 is 2.35 bits per heavy atom. The highest BCUT2D eigenvalue weighted by Crippen LogP contribution is 2.81. The average Bonchev–Trinajstić information content (AvgIpc) is 2.69. The van der Waals surface area contributed by atoms with Crippen LogP contribution >= 0.6 is 19.9 Å². The van der Waals surface area contributed by atoms with Gasteiger partial charge < -0.3 is 0 Å². The van der Waals surface area contributed by atoms with Gasteiger partial charge >= 0.3 is 5.51 Å². The summed E-state index contributed by atoms with van der Waals surface area (Å²) in [6.07, 6.45) is 8.37. The van der Waals surface area contributed by atoms with Gasteiger partial charge in [0.1, 0.15) is 0 Å². The number of hydrogen-bond donors (Lipinski definition) is 0. The van der Waals surface area contributed by atoms with Crippen LogP contribution in [-0.2, 0) is 6.42 Å². The number of benzene rings is 1. The molecule has 0 saturated heterocycles. The van der Waals surface area contributed by atoms with Crippen molar-refractivity contribution in [2.75, 3.05) is 0 Å². The molecule has 1 saturated carbocycles. The van der Waals surface area contributed by atoms with E-state index >= 15 is 0 Å². The maximum atomic E-state index is 14.0. The fraction of sp³-hybridized carbons (Fsp3) is 0.556. The topological polar surface area (TPSA) is 0 Å². The van der Waals surface area contributed by atoms with Crippen molar-refractivity contribution in [1.29, 1.82) is 0 Å². The molecule has 3 rings (SSSR count). The Labute approximate surface area is 141 Å². The third-order valence-electron chi connectivity index (χ3n) is 4.99. The van der Waals surface area contributed by atoms with Crippen LogP contribution in [0.25, 0.3) is 6.08 Å². The molecular formula is C18H22ClF3S. The summed E-state index contributed by atoms with van der Waals surface area (Å²) in [7, 11) is 3.01. The first-order valence-electron chi connectivity index (χ1n) is 8.31. The molecule has 1 heterocycles. The number of alkyl halides is 3. The highest BCUT2D eigenvalue weighted by atomic mass is 35.7. The zero-order valence-electron chi connectivity index (χ0n) is 13.3. The first kappa shape index (κ1) is 17.2. The zero-order chi connectivity index (χ0) is 16.7. The summed E-state index contributed by atoms with van der Waals surface area (Å²) in [6.45, 7) is 1.95. The molecule has 0 radical (unpaired) electrons. The van der Waals surface area contributed by atoms with Gasteiger partial charge in [0.25, 0.3) is 0 Å². The monoisotopic (exact) mass is 362 g/mol. The minimum absolute atomic E-state index is 0.0240. The average molecular weight is 363 g/mol. The summed E-state index contributed by atoms with van der Waals surface area (Å²) in [5, 5.41) is 0. The number of aryl methyl sites for hydroxylation is 1. The standard InChI is InChI=1S/C18H22ClF3S/c1-2-13-9-10-15-12-17(14-7-5-3-4-6-8-14)23(19,16(15)11-13)18(20,21)22/h9-12,14H,2-8H2,1H3. The molecule has 1 atom stereocenters. The molecule has 0 nitrogen and oxygen atoms in total. The van der Waals surface area contributed by atoms with Gasteiger partial charge in [0.15, 0.2) is 0 Å². The van der Waals surface area contributed by atoms with E-state index < -0.39 is 14.7 Å². The van der Waals surface area contributed by atoms with Crippen LogP contribution in [0.3, 0.4) is 0 Å². The predicted octanol–water partition coefficient (Wildman–Crippen LogP) is 7.41. The van der Waals surface area contributed by atoms with Gasteiger partial charge in [-0.3, -0.25) is 0 Å². The lowest BCUT2D eigenvalue weighted by Crippen LogP contribution is -2.20. The van der Waals surface area contributed by atoms with Crippen LogP contribution in [0.5, 0.6) is 0 Å². The van der Waals surface area contributed by atoms with Crippen molar-refractivity contribution in [2.24, 2.45) is 5.92 Å². The van der Waals surface area contributed by atoms with Crippen LogP contribution in [0.4, 0.5) is 13.2 Å². The van der Waals surface area contributed by atoms with Gasteiger partial charge in [-0.25, -0.2) is 0 Å². The Bertz CT molecular complexity index is 615. The van der Waals surface area contributed by atoms with Crippen molar-refractivity contribution in [1.82, 2.24) is 0 Å². The van der Waals surface area contributed by atoms with Crippen LogP contribution in [0.1, 0.15) is 56.6 Å². The molecule has 1 fully saturated rings. The van der Waals surface area contributed by atoms with Gasteiger partial charge in [0.05, 0.1) is 0 Å². The molecule has 1 aliphatic heterocycles. The Morgan fingerprint density at radius 1 is 1.13 bits per heavy atom. The van der Waals surface area contributed by atoms with Gasteiger partial charge in [0, 0.05) is 4.90 Å². The normalized spacial score (nSPS) is 28.7. The smallest absolute Gasteiger partial charge is 0.160 e. The first-order valence-corrected chi connectivity index (χ1v) is 10.8.